The van der Waals surface area contributed by atoms with Gasteiger partial charge in [0.05, 0.1) is 0 Å². The van der Waals surface area contributed by atoms with Crippen molar-refractivity contribution in [2.45, 2.75) is 32.1 Å². The van der Waals surface area contributed by atoms with E-state index in [0.29, 0.717) is 23.3 Å². The molecule has 0 unspecified atom stereocenters. The van der Waals surface area contributed by atoms with Crippen molar-refractivity contribution >= 4 is 34.7 Å². The highest BCUT2D eigenvalue weighted by Gasteiger charge is 1.95. The fourth-order valence-electron chi connectivity index (χ4n) is 1.64. The average molecular weight is 329 g/mol. The Bertz CT molecular complexity index is 289. The Morgan fingerprint density at radius 3 is 1.43 bits per heavy atom. The molecule has 0 rings (SSSR count). The van der Waals surface area contributed by atoms with E-state index in [1.165, 1.54) is 19.3 Å². The molecule has 0 atom stereocenters. The lowest BCUT2D eigenvalue weighted by Gasteiger charge is -2.09. The van der Waals surface area contributed by atoms with Crippen molar-refractivity contribution in [2.75, 3.05) is 26.2 Å². The van der Waals surface area contributed by atoms with Gasteiger partial charge >= 0.3 is 0 Å². The molecule has 120 valence electrons. The second-order valence-corrected chi connectivity index (χ2v) is 5.44. The molecule has 0 aliphatic heterocycles. The van der Waals surface area contributed by atoms with E-state index in [4.69, 9.17) is 24.4 Å². The van der Waals surface area contributed by atoms with Gasteiger partial charge in [-0.3, -0.25) is 0 Å². The fraction of sp³-hybridized carbons (Fsp3) is 0.600. The van der Waals surface area contributed by atoms with Gasteiger partial charge in [-0.25, -0.2) is 0 Å². The first-order valence-electron chi connectivity index (χ1n) is 7.46. The van der Waals surface area contributed by atoms with Crippen LogP contribution in [0, 0.1) is 0 Å². The number of unbranched alkanes of at least 4 members (excludes halogenated alkanes) is 4. The Morgan fingerprint density at radius 1 is 0.667 bits per heavy atom. The molecule has 0 heterocycles. The molecule has 0 saturated carbocycles. The molecule has 0 fully saturated rings. The number of rotatable bonds is 12. The maximum absolute atomic E-state index is 5.11. The predicted octanol–water partition coefficient (Wildman–Crippen LogP) is 2.24. The lowest BCUT2D eigenvalue weighted by atomic mass is 10.1. The average Bonchev–Trinajstić information content (AvgIpc) is 2.49. The molecule has 0 radical (unpaired) electrons. The maximum Gasteiger partial charge on any atom is 0.166 e. The first-order valence-corrected chi connectivity index (χ1v) is 8.27. The normalized spacial score (nSPS) is 9.52. The number of thiocarbonyl (C=S) groups is 2. The summed E-state index contributed by atoms with van der Waals surface area (Å²) in [6.45, 7) is 10.5. The van der Waals surface area contributed by atoms with E-state index >= 15 is 0 Å². The SMILES string of the molecule is C=CCNC(=S)NCCCCCCCNC(=S)NCC=C. The van der Waals surface area contributed by atoms with Gasteiger partial charge in [-0.15, -0.1) is 13.2 Å². The van der Waals surface area contributed by atoms with Crippen LogP contribution >= 0.6 is 24.4 Å². The summed E-state index contributed by atoms with van der Waals surface area (Å²) >= 11 is 10.2. The summed E-state index contributed by atoms with van der Waals surface area (Å²) in [6.07, 6.45) is 9.54. The second-order valence-electron chi connectivity index (χ2n) is 4.62. The van der Waals surface area contributed by atoms with Crippen LogP contribution in [0.25, 0.3) is 0 Å². The lowest BCUT2D eigenvalue weighted by Crippen LogP contribution is -2.35. The summed E-state index contributed by atoms with van der Waals surface area (Å²) in [7, 11) is 0. The molecular weight excluding hydrogens is 300 g/mol. The highest BCUT2D eigenvalue weighted by Crippen LogP contribution is 2.01. The Kier molecular flexibility index (Phi) is 14.4. The molecule has 0 aliphatic rings. The minimum absolute atomic E-state index is 0.708. The van der Waals surface area contributed by atoms with Crippen LogP contribution in [0.5, 0.6) is 0 Å². The van der Waals surface area contributed by atoms with E-state index in [9.17, 15) is 0 Å². The van der Waals surface area contributed by atoms with E-state index in [1.807, 2.05) is 0 Å². The van der Waals surface area contributed by atoms with Crippen molar-refractivity contribution in [1.82, 2.24) is 21.3 Å². The first-order chi connectivity index (χ1) is 10.2. The van der Waals surface area contributed by atoms with Gasteiger partial charge in [0.25, 0.3) is 0 Å². The van der Waals surface area contributed by atoms with Crippen molar-refractivity contribution in [1.29, 1.82) is 0 Å². The minimum atomic E-state index is 0.708. The highest BCUT2D eigenvalue weighted by atomic mass is 32.1. The smallest absolute Gasteiger partial charge is 0.166 e. The summed E-state index contributed by atoms with van der Waals surface area (Å²) in [5.74, 6) is 0. The predicted molar refractivity (Wildman–Crippen MR) is 101 cm³/mol. The van der Waals surface area contributed by atoms with Crippen LogP contribution in [0.1, 0.15) is 32.1 Å². The molecule has 0 bridgehead atoms. The Morgan fingerprint density at radius 2 is 1.05 bits per heavy atom. The van der Waals surface area contributed by atoms with Gasteiger partial charge in [0.2, 0.25) is 0 Å². The summed E-state index contributed by atoms with van der Waals surface area (Å²) in [4.78, 5) is 0. The first kappa shape index (κ1) is 19.9. The molecule has 4 N–H and O–H groups in total. The fourth-order valence-corrected chi connectivity index (χ4v) is 2.01. The molecule has 0 aromatic heterocycles. The van der Waals surface area contributed by atoms with Gasteiger partial charge in [-0.05, 0) is 37.3 Å². The summed E-state index contributed by atoms with van der Waals surface area (Å²) in [5.41, 5.74) is 0. The molecule has 0 amide bonds. The Labute approximate surface area is 139 Å². The van der Waals surface area contributed by atoms with Crippen molar-refractivity contribution < 1.29 is 0 Å². The molecule has 4 nitrogen and oxygen atoms in total. The van der Waals surface area contributed by atoms with E-state index in [2.05, 4.69) is 34.4 Å². The van der Waals surface area contributed by atoms with Gasteiger partial charge < -0.3 is 21.3 Å². The van der Waals surface area contributed by atoms with Crippen molar-refractivity contribution in [3.8, 4) is 0 Å². The summed E-state index contributed by atoms with van der Waals surface area (Å²) in [5, 5.41) is 13.9. The van der Waals surface area contributed by atoms with Crippen molar-refractivity contribution in [3.63, 3.8) is 0 Å². The van der Waals surface area contributed by atoms with Gasteiger partial charge in [0.15, 0.2) is 10.2 Å². The zero-order valence-corrected chi connectivity index (χ0v) is 14.4. The molecule has 0 aromatic carbocycles. The third-order valence-electron chi connectivity index (χ3n) is 2.74. The molecule has 21 heavy (non-hydrogen) atoms. The van der Waals surface area contributed by atoms with Crippen LogP contribution in [0.2, 0.25) is 0 Å². The second kappa shape index (κ2) is 15.3. The lowest BCUT2D eigenvalue weighted by molar-refractivity contribution is 0.601. The molecule has 0 saturated heterocycles. The molecule has 0 aliphatic carbocycles. The molecule has 0 aromatic rings. The van der Waals surface area contributed by atoms with Crippen LogP contribution in [-0.2, 0) is 0 Å². The van der Waals surface area contributed by atoms with Gasteiger partial charge in [-0.1, -0.05) is 31.4 Å². The third-order valence-corrected chi connectivity index (χ3v) is 3.32. The minimum Gasteiger partial charge on any atom is -0.363 e. The monoisotopic (exact) mass is 328 g/mol. The van der Waals surface area contributed by atoms with E-state index < -0.39 is 0 Å². The van der Waals surface area contributed by atoms with Crippen LogP contribution in [0.4, 0.5) is 0 Å². The zero-order valence-electron chi connectivity index (χ0n) is 12.7. The quantitative estimate of drug-likeness (QED) is 0.250. The summed E-state index contributed by atoms with van der Waals surface area (Å²) < 4.78 is 0. The van der Waals surface area contributed by atoms with Crippen LogP contribution in [-0.4, -0.2) is 36.4 Å². The van der Waals surface area contributed by atoms with Crippen LogP contribution in [0.15, 0.2) is 25.3 Å². The van der Waals surface area contributed by atoms with Crippen molar-refractivity contribution in [2.24, 2.45) is 0 Å². The van der Waals surface area contributed by atoms with E-state index in [0.717, 1.165) is 25.9 Å². The van der Waals surface area contributed by atoms with E-state index in [-0.39, 0.29) is 0 Å². The summed E-state index contributed by atoms with van der Waals surface area (Å²) in [6, 6.07) is 0. The van der Waals surface area contributed by atoms with Gasteiger partial charge in [0, 0.05) is 26.2 Å². The van der Waals surface area contributed by atoms with Gasteiger partial charge in [0.1, 0.15) is 0 Å². The third kappa shape index (κ3) is 15.1. The van der Waals surface area contributed by atoms with Gasteiger partial charge in [-0.2, -0.15) is 0 Å². The highest BCUT2D eigenvalue weighted by molar-refractivity contribution is 7.80. The van der Waals surface area contributed by atoms with Crippen LogP contribution in [0.3, 0.4) is 0 Å². The standard InChI is InChI=1S/C15H28N4S2/c1-3-10-16-14(20)18-12-8-6-5-7-9-13-19-15(21)17-11-4-2/h3-4H,1-2,5-13H2,(H2,16,18,20)(H2,17,19,21). The molecule has 0 spiro atoms. The topological polar surface area (TPSA) is 48.1 Å². The van der Waals surface area contributed by atoms with Crippen LogP contribution < -0.4 is 21.3 Å². The largest absolute Gasteiger partial charge is 0.363 e. The number of hydrogen-bond donors (Lipinski definition) is 4. The Balaban J connectivity index is 3.22. The molecule has 6 heteroatoms. The zero-order chi connectivity index (χ0) is 15.8. The maximum atomic E-state index is 5.11. The number of nitrogens with one attached hydrogen (secondary N) is 4. The number of hydrogen-bond acceptors (Lipinski definition) is 2. The molecular formula is C15H28N4S2. The van der Waals surface area contributed by atoms with Crippen molar-refractivity contribution in [3.05, 3.63) is 25.3 Å². The van der Waals surface area contributed by atoms with E-state index in [1.54, 1.807) is 12.2 Å². The Hall–Kier alpha value is -1.14.